The van der Waals surface area contributed by atoms with Crippen molar-refractivity contribution < 1.29 is 9.53 Å². The molecule has 1 heterocycles. The van der Waals surface area contributed by atoms with E-state index in [1.165, 1.54) is 0 Å². The highest BCUT2D eigenvalue weighted by Crippen LogP contribution is 2.23. The Bertz CT molecular complexity index is 929. The number of hydrogen-bond donors (Lipinski definition) is 2. The number of nitrogens with two attached hydrogens (primary N) is 1. The van der Waals surface area contributed by atoms with Gasteiger partial charge in [0, 0.05) is 18.4 Å². The number of fused-ring (bicyclic) bond motifs is 1. The van der Waals surface area contributed by atoms with Crippen molar-refractivity contribution in [3.05, 3.63) is 60.3 Å². The molecular formula is C21H26ClN3O2S. The summed E-state index contributed by atoms with van der Waals surface area (Å²) in [4.78, 5) is 12.3. The fourth-order valence-electron chi connectivity index (χ4n) is 2.98. The van der Waals surface area contributed by atoms with Gasteiger partial charge in [0.2, 0.25) is 5.91 Å². The van der Waals surface area contributed by atoms with Crippen molar-refractivity contribution in [2.24, 2.45) is 5.73 Å². The van der Waals surface area contributed by atoms with Gasteiger partial charge in [-0.25, -0.2) is 0 Å². The summed E-state index contributed by atoms with van der Waals surface area (Å²) in [6.07, 6.45) is 4.73. The normalized spacial score (nSPS) is 11.7. The van der Waals surface area contributed by atoms with Crippen LogP contribution in [-0.2, 0) is 11.3 Å². The molecule has 3 aromatic rings. The van der Waals surface area contributed by atoms with E-state index in [0.29, 0.717) is 6.42 Å². The highest BCUT2D eigenvalue weighted by atomic mass is 35.5. The smallest absolute Gasteiger partial charge is 0.241 e. The van der Waals surface area contributed by atoms with Gasteiger partial charge in [0.25, 0.3) is 0 Å². The van der Waals surface area contributed by atoms with Gasteiger partial charge < -0.3 is 20.4 Å². The zero-order chi connectivity index (χ0) is 19.2. The van der Waals surface area contributed by atoms with Crippen molar-refractivity contribution in [2.45, 2.75) is 19.0 Å². The lowest BCUT2D eigenvalue weighted by Gasteiger charge is -2.12. The van der Waals surface area contributed by atoms with Gasteiger partial charge in [-0.3, -0.25) is 4.79 Å². The molecule has 5 nitrogen and oxygen atoms in total. The summed E-state index contributed by atoms with van der Waals surface area (Å²) < 4.78 is 7.46. The van der Waals surface area contributed by atoms with Crippen LogP contribution in [0.25, 0.3) is 10.9 Å². The number of ether oxygens (including phenoxy) is 1. The maximum Gasteiger partial charge on any atom is 0.241 e. The Hall–Kier alpha value is -2.15. The number of methoxy groups -OCH3 is 1. The van der Waals surface area contributed by atoms with Crippen LogP contribution in [0.3, 0.4) is 0 Å². The summed E-state index contributed by atoms with van der Waals surface area (Å²) in [5.41, 5.74) is 8.94. The molecule has 0 radical (unpaired) electrons. The number of halogens is 1. The zero-order valence-corrected chi connectivity index (χ0v) is 17.7. The first kappa shape index (κ1) is 22.1. The van der Waals surface area contributed by atoms with Gasteiger partial charge in [-0.15, -0.1) is 12.4 Å². The van der Waals surface area contributed by atoms with Crippen molar-refractivity contribution in [3.8, 4) is 5.75 Å². The standard InChI is InChI=1S/C21H25N3O2S.ClH/c1-26-18-5-3-4-15(12-18)14-24-10-8-16-6-7-17(13-20(16)24)23-21(25)19(22)9-11-27-2;/h3-8,10,12-13,19H,9,11,14,22H2,1-2H3,(H,23,25);1H. The molecule has 2 aromatic carbocycles. The van der Waals surface area contributed by atoms with E-state index in [2.05, 4.69) is 28.2 Å². The lowest BCUT2D eigenvalue weighted by Crippen LogP contribution is -2.36. The minimum atomic E-state index is -0.489. The molecule has 3 N–H and O–H groups in total. The second-order valence-corrected chi connectivity index (χ2v) is 7.43. The third kappa shape index (κ3) is 5.44. The number of hydrogen-bond acceptors (Lipinski definition) is 4. The molecule has 0 fully saturated rings. The maximum atomic E-state index is 12.3. The van der Waals surface area contributed by atoms with Gasteiger partial charge in [0.05, 0.1) is 18.7 Å². The Morgan fingerprint density at radius 3 is 2.82 bits per heavy atom. The van der Waals surface area contributed by atoms with Crippen molar-refractivity contribution in [1.29, 1.82) is 0 Å². The summed E-state index contributed by atoms with van der Waals surface area (Å²) in [6, 6.07) is 15.5. The van der Waals surface area contributed by atoms with E-state index in [1.54, 1.807) is 18.9 Å². The molecule has 0 bridgehead atoms. The van der Waals surface area contributed by atoms with E-state index in [1.807, 2.05) is 42.7 Å². The quantitative estimate of drug-likeness (QED) is 0.575. The fraction of sp³-hybridized carbons (Fsp3) is 0.286. The van der Waals surface area contributed by atoms with Crippen LogP contribution in [0.2, 0.25) is 0 Å². The van der Waals surface area contributed by atoms with Crippen LogP contribution in [0.15, 0.2) is 54.7 Å². The Morgan fingerprint density at radius 2 is 2.07 bits per heavy atom. The predicted octanol–water partition coefficient (Wildman–Crippen LogP) is 4.14. The number of carbonyl (C=O) groups is 1. The molecule has 3 rings (SSSR count). The molecule has 0 spiro atoms. The van der Waals surface area contributed by atoms with Gasteiger partial charge in [-0.05, 0) is 59.7 Å². The minimum Gasteiger partial charge on any atom is -0.497 e. The Balaban J connectivity index is 0.00000280. The number of carbonyl (C=O) groups excluding carboxylic acids is 1. The van der Waals surface area contributed by atoms with Crippen LogP contribution >= 0.6 is 24.2 Å². The summed E-state index contributed by atoms with van der Waals surface area (Å²) in [6.45, 7) is 0.728. The zero-order valence-electron chi connectivity index (χ0n) is 16.1. The highest BCUT2D eigenvalue weighted by Gasteiger charge is 2.13. The average Bonchev–Trinajstić information content (AvgIpc) is 3.08. The van der Waals surface area contributed by atoms with Crippen molar-refractivity contribution in [2.75, 3.05) is 24.4 Å². The average molecular weight is 420 g/mol. The number of nitrogens with zero attached hydrogens (tertiary/aromatic N) is 1. The molecule has 1 aromatic heterocycles. The number of thioether (sulfide) groups is 1. The third-order valence-electron chi connectivity index (χ3n) is 4.50. The molecule has 0 aliphatic heterocycles. The topological polar surface area (TPSA) is 69.3 Å². The molecule has 1 amide bonds. The van der Waals surface area contributed by atoms with E-state index in [9.17, 15) is 4.79 Å². The first-order valence-corrected chi connectivity index (χ1v) is 10.3. The molecule has 0 aliphatic carbocycles. The lowest BCUT2D eigenvalue weighted by molar-refractivity contribution is -0.117. The van der Waals surface area contributed by atoms with Crippen LogP contribution in [0.5, 0.6) is 5.75 Å². The number of aromatic nitrogens is 1. The van der Waals surface area contributed by atoms with Crippen molar-refractivity contribution in [1.82, 2.24) is 4.57 Å². The number of rotatable bonds is 8. The predicted molar refractivity (Wildman–Crippen MR) is 121 cm³/mol. The third-order valence-corrected chi connectivity index (χ3v) is 5.14. The molecule has 28 heavy (non-hydrogen) atoms. The van der Waals surface area contributed by atoms with E-state index in [4.69, 9.17) is 10.5 Å². The molecule has 7 heteroatoms. The largest absolute Gasteiger partial charge is 0.497 e. The van der Waals surface area contributed by atoms with E-state index >= 15 is 0 Å². The van der Waals surface area contributed by atoms with Crippen LogP contribution in [0.4, 0.5) is 5.69 Å². The number of nitrogens with one attached hydrogen (secondary N) is 1. The maximum absolute atomic E-state index is 12.3. The highest BCUT2D eigenvalue weighted by molar-refractivity contribution is 7.98. The molecule has 0 saturated heterocycles. The summed E-state index contributed by atoms with van der Waals surface area (Å²) >= 11 is 1.69. The number of benzene rings is 2. The van der Waals surface area contributed by atoms with Crippen LogP contribution < -0.4 is 15.8 Å². The van der Waals surface area contributed by atoms with Gasteiger partial charge in [-0.1, -0.05) is 18.2 Å². The molecule has 1 atom stereocenters. The lowest BCUT2D eigenvalue weighted by atomic mass is 10.2. The summed E-state index contributed by atoms with van der Waals surface area (Å²) in [7, 11) is 1.67. The molecule has 0 saturated carbocycles. The molecular weight excluding hydrogens is 394 g/mol. The van der Waals surface area contributed by atoms with E-state index in [0.717, 1.165) is 40.2 Å². The molecule has 1 unspecified atom stereocenters. The monoisotopic (exact) mass is 419 g/mol. The molecule has 0 aliphatic rings. The molecule has 150 valence electrons. The Labute approximate surface area is 176 Å². The number of amides is 1. The van der Waals surface area contributed by atoms with Gasteiger partial charge >= 0.3 is 0 Å². The Kier molecular flexibility index (Phi) is 8.23. The van der Waals surface area contributed by atoms with Gasteiger partial charge in [-0.2, -0.15) is 11.8 Å². The first-order chi connectivity index (χ1) is 13.1. The van der Waals surface area contributed by atoms with E-state index < -0.39 is 6.04 Å². The second-order valence-electron chi connectivity index (χ2n) is 6.45. The van der Waals surface area contributed by atoms with Crippen LogP contribution in [0.1, 0.15) is 12.0 Å². The summed E-state index contributed by atoms with van der Waals surface area (Å²) in [5.74, 6) is 1.57. The van der Waals surface area contributed by atoms with Crippen molar-refractivity contribution >= 4 is 46.7 Å². The van der Waals surface area contributed by atoms with Gasteiger partial charge in [0.15, 0.2) is 0 Å². The first-order valence-electron chi connectivity index (χ1n) is 8.88. The summed E-state index contributed by atoms with van der Waals surface area (Å²) in [5, 5.41) is 4.06. The van der Waals surface area contributed by atoms with Crippen LogP contribution in [-0.4, -0.2) is 35.6 Å². The Morgan fingerprint density at radius 1 is 1.25 bits per heavy atom. The van der Waals surface area contributed by atoms with E-state index in [-0.39, 0.29) is 18.3 Å². The van der Waals surface area contributed by atoms with Gasteiger partial charge in [0.1, 0.15) is 5.75 Å². The number of anilines is 1. The minimum absolute atomic E-state index is 0. The van der Waals surface area contributed by atoms with Crippen LogP contribution in [0, 0.1) is 0 Å². The SMILES string of the molecule is COc1cccc(Cn2ccc3ccc(NC(=O)C(N)CCSC)cc32)c1.Cl. The fourth-order valence-corrected chi connectivity index (χ4v) is 3.47. The van der Waals surface area contributed by atoms with Crippen molar-refractivity contribution in [3.63, 3.8) is 0 Å². The second kappa shape index (κ2) is 10.4.